The molecule has 0 N–H and O–H groups in total. The zero-order valence-electron chi connectivity index (χ0n) is 10.6. The maximum atomic E-state index is 12.5. The van der Waals surface area contributed by atoms with E-state index in [9.17, 15) is 4.79 Å². The van der Waals surface area contributed by atoms with E-state index in [1.165, 1.54) is 37.7 Å². The molecule has 1 amide bonds. The Hall–Kier alpha value is -1.31. The molecule has 2 heteroatoms. The van der Waals surface area contributed by atoms with Gasteiger partial charge in [0.15, 0.2) is 0 Å². The Balaban J connectivity index is 1.59. The lowest BCUT2D eigenvalue weighted by Crippen LogP contribution is -2.39. The normalized spacial score (nSPS) is 33.9. The molecule has 18 heavy (non-hydrogen) atoms. The number of benzene rings is 1. The third-order valence-corrected chi connectivity index (χ3v) is 5.15. The Labute approximate surface area is 108 Å². The summed E-state index contributed by atoms with van der Waals surface area (Å²) in [6, 6.07) is 8.61. The molecule has 3 aliphatic rings. The zero-order valence-corrected chi connectivity index (χ0v) is 10.6. The van der Waals surface area contributed by atoms with Gasteiger partial charge in [0, 0.05) is 18.2 Å². The van der Waals surface area contributed by atoms with Crippen LogP contribution in [0.3, 0.4) is 0 Å². The van der Waals surface area contributed by atoms with Gasteiger partial charge in [0.1, 0.15) is 0 Å². The number of hydrogen-bond acceptors (Lipinski definition) is 1. The van der Waals surface area contributed by atoms with E-state index in [4.69, 9.17) is 0 Å². The molecule has 0 radical (unpaired) electrons. The predicted molar refractivity (Wildman–Crippen MR) is 70.2 cm³/mol. The highest BCUT2D eigenvalue weighted by molar-refractivity contribution is 5.98. The number of nitrogens with zero attached hydrogens (tertiary/aromatic N) is 1. The van der Waals surface area contributed by atoms with Gasteiger partial charge in [-0.05, 0) is 42.7 Å². The van der Waals surface area contributed by atoms with E-state index in [-0.39, 0.29) is 5.91 Å². The van der Waals surface area contributed by atoms with Crippen molar-refractivity contribution in [3.8, 4) is 0 Å². The van der Waals surface area contributed by atoms with Crippen molar-refractivity contribution in [2.45, 2.75) is 44.7 Å². The molecule has 2 aliphatic carbocycles. The molecule has 94 valence electrons. The van der Waals surface area contributed by atoms with Gasteiger partial charge in [-0.1, -0.05) is 31.0 Å². The number of carbonyl (C=O) groups excluding carboxylic acids is 1. The molecule has 2 saturated carbocycles. The SMILES string of the molecule is O=C1c2ccccc2CN1[C@@H]1C[C@@H]2CC[C@@H](C2)C1. The van der Waals surface area contributed by atoms with Crippen molar-refractivity contribution in [2.75, 3.05) is 0 Å². The van der Waals surface area contributed by atoms with Crippen LogP contribution in [0.2, 0.25) is 0 Å². The van der Waals surface area contributed by atoms with Gasteiger partial charge in [0.25, 0.3) is 5.91 Å². The summed E-state index contributed by atoms with van der Waals surface area (Å²) in [5, 5.41) is 0. The van der Waals surface area contributed by atoms with Crippen molar-refractivity contribution in [2.24, 2.45) is 11.8 Å². The second-order valence-electron chi connectivity index (χ2n) is 6.26. The molecular weight excluding hydrogens is 222 g/mol. The summed E-state index contributed by atoms with van der Waals surface area (Å²) in [5.74, 6) is 2.06. The van der Waals surface area contributed by atoms with Gasteiger partial charge >= 0.3 is 0 Å². The summed E-state index contributed by atoms with van der Waals surface area (Å²) in [4.78, 5) is 14.6. The second kappa shape index (κ2) is 3.84. The third-order valence-electron chi connectivity index (χ3n) is 5.15. The molecule has 3 atom stereocenters. The standard InChI is InChI=1S/C16H19NO/c18-16-15-4-2-1-3-13(15)10-17(16)14-8-11-5-6-12(7-11)9-14/h1-4,11-12,14H,5-10H2/t11-,12+,14-. The van der Waals surface area contributed by atoms with Crippen LogP contribution in [-0.4, -0.2) is 16.8 Å². The first kappa shape index (κ1) is 10.6. The zero-order chi connectivity index (χ0) is 12.1. The largest absolute Gasteiger partial charge is 0.331 e. The first-order valence-electron chi connectivity index (χ1n) is 7.20. The van der Waals surface area contributed by atoms with E-state index < -0.39 is 0 Å². The minimum atomic E-state index is 0.275. The van der Waals surface area contributed by atoms with Gasteiger partial charge in [-0.3, -0.25) is 4.79 Å². The number of rotatable bonds is 1. The monoisotopic (exact) mass is 241 g/mol. The van der Waals surface area contributed by atoms with Crippen molar-refractivity contribution in [3.63, 3.8) is 0 Å². The fraction of sp³-hybridized carbons (Fsp3) is 0.562. The summed E-state index contributed by atoms with van der Waals surface area (Å²) in [5.41, 5.74) is 2.16. The lowest BCUT2D eigenvalue weighted by molar-refractivity contribution is 0.0616. The van der Waals surface area contributed by atoms with Crippen molar-refractivity contribution in [1.29, 1.82) is 0 Å². The first-order valence-corrected chi connectivity index (χ1v) is 7.20. The van der Waals surface area contributed by atoms with Crippen molar-refractivity contribution >= 4 is 5.91 Å². The molecule has 2 fully saturated rings. The molecule has 0 aromatic heterocycles. The number of hydrogen-bond donors (Lipinski definition) is 0. The summed E-state index contributed by atoms with van der Waals surface area (Å²) in [6.07, 6.45) is 6.71. The summed E-state index contributed by atoms with van der Waals surface area (Å²) in [6.45, 7) is 0.846. The molecule has 2 nitrogen and oxygen atoms in total. The minimum absolute atomic E-state index is 0.275. The van der Waals surface area contributed by atoms with Crippen LogP contribution in [0, 0.1) is 11.8 Å². The second-order valence-corrected chi connectivity index (χ2v) is 6.26. The van der Waals surface area contributed by atoms with E-state index in [0.717, 1.165) is 23.9 Å². The maximum absolute atomic E-state index is 12.5. The highest BCUT2D eigenvalue weighted by atomic mass is 16.2. The van der Waals surface area contributed by atoms with Crippen LogP contribution in [0.1, 0.15) is 48.0 Å². The molecule has 0 unspecified atom stereocenters. The molecule has 2 bridgehead atoms. The van der Waals surface area contributed by atoms with Crippen LogP contribution in [-0.2, 0) is 6.54 Å². The Morgan fingerprint density at radius 1 is 1.00 bits per heavy atom. The lowest BCUT2D eigenvalue weighted by atomic mass is 9.85. The van der Waals surface area contributed by atoms with Crippen molar-refractivity contribution < 1.29 is 4.79 Å². The van der Waals surface area contributed by atoms with E-state index in [0.29, 0.717) is 6.04 Å². The van der Waals surface area contributed by atoms with E-state index in [1.54, 1.807) is 0 Å². The number of carbonyl (C=O) groups is 1. The first-order chi connectivity index (χ1) is 8.81. The lowest BCUT2D eigenvalue weighted by Gasteiger charge is -2.34. The molecule has 0 saturated heterocycles. The number of amides is 1. The fourth-order valence-electron chi connectivity index (χ4n) is 4.30. The smallest absolute Gasteiger partial charge is 0.254 e. The quantitative estimate of drug-likeness (QED) is 0.739. The van der Waals surface area contributed by atoms with Gasteiger partial charge in [-0.15, -0.1) is 0 Å². The van der Waals surface area contributed by atoms with Crippen molar-refractivity contribution in [1.82, 2.24) is 4.90 Å². The van der Waals surface area contributed by atoms with Crippen LogP contribution in [0.25, 0.3) is 0 Å². The summed E-state index contributed by atoms with van der Waals surface area (Å²) >= 11 is 0. The van der Waals surface area contributed by atoms with Crippen LogP contribution in [0.5, 0.6) is 0 Å². The fourth-order valence-corrected chi connectivity index (χ4v) is 4.30. The summed E-state index contributed by atoms with van der Waals surface area (Å²) in [7, 11) is 0. The third kappa shape index (κ3) is 1.51. The minimum Gasteiger partial charge on any atom is -0.331 e. The van der Waals surface area contributed by atoms with Crippen LogP contribution < -0.4 is 0 Å². The summed E-state index contributed by atoms with van der Waals surface area (Å²) < 4.78 is 0. The highest BCUT2D eigenvalue weighted by Crippen LogP contribution is 2.44. The van der Waals surface area contributed by atoms with E-state index in [1.807, 2.05) is 18.2 Å². The maximum Gasteiger partial charge on any atom is 0.254 e. The molecule has 1 aromatic rings. The Morgan fingerprint density at radius 2 is 1.72 bits per heavy atom. The topological polar surface area (TPSA) is 20.3 Å². The number of fused-ring (bicyclic) bond motifs is 3. The molecular formula is C16H19NO. The molecule has 4 rings (SSSR count). The molecule has 1 aliphatic heterocycles. The van der Waals surface area contributed by atoms with Gasteiger partial charge in [-0.25, -0.2) is 0 Å². The Morgan fingerprint density at radius 3 is 2.44 bits per heavy atom. The molecule has 1 heterocycles. The van der Waals surface area contributed by atoms with Crippen LogP contribution in [0.15, 0.2) is 24.3 Å². The Kier molecular flexibility index (Phi) is 2.26. The Bertz CT molecular complexity index is 484. The van der Waals surface area contributed by atoms with Gasteiger partial charge < -0.3 is 4.90 Å². The average molecular weight is 241 g/mol. The van der Waals surface area contributed by atoms with Gasteiger partial charge in [0.05, 0.1) is 0 Å². The van der Waals surface area contributed by atoms with Gasteiger partial charge in [-0.2, -0.15) is 0 Å². The predicted octanol–water partition coefficient (Wildman–Crippen LogP) is 3.22. The van der Waals surface area contributed by atoms with E-state index in [2.05, 4.69) is 11.0 Å². The van der Waals surface area contributed by atoms with E-state index >= 15 is 0 Å². The average Bonchev–Trinajstić information content (AvgIpc) is 2.91. The van der Waals surface area contributed by atoms with Crippen LogP contribution >= 0.6 is 0 Å². The molecule has 0 spiro atoms. The van der Waals surface area contributed by atoms with Crippen molar-refractivity contribution in [3.05, 3.63) is 35.4 Å². The van der Waals surface area contributed by atoms with Crippen LogP contribution in [0.4, 0.5) is 0 Å². The molecule has 1 aromatic carbocycles. The highest BCUT2D eigenvalue weighted by Gasteiger charge is 2.40. The van der Waals surface area contributed by atoms with Gasteiger partial charge in [0.2, 0.25) is 0 Å².